The van der Waals surface area contributed by atoms with Crippen LogP contribution in [-0.2, 0) is 6.54 Å². The molecule has 1 aliphatic heterocycles. The van der Waals surface area contributed by atoms with Gasteiger partial charge in [-0.1, -0.05) is 12.1 Å². The lowest BCUT2D eigenvalue weighted by molar-refractivity contribution is 0.0951. The van der Waals surface area contributed by atoms with Crippen LogP contribution in [0.1, 0.15) is 28.8 Å². The Balaban J connectivity index is 1.56. The summed E-state index contributed by atoms with van der Waals surface area (Å²) < 4.78 is 0. The standard InChI is InChI=1S/C19H22N4O2/c20-16-8-6-15(7-9-16)18(24)21-13-14-4-3-5-17(12-14)22-19(25)23-10-1-2-11-23/h3-9,12H,1-2,10-11,13,20H2,(H,21,24)(H,22,25). The molecule has 25 heavy (non-hydrogen) atoms. The number of nitrogens with one attached hydrogen (secondary N) is 2. The molecule has 0 aliphatic carbocycles. The third kappa shape index (κ3) is 4.50. The van der Waals surface area contributed by atoms with Gasteiger partial charge in [-0.3, -0.25) is 4.79 Å². The van der Waals surface area contributed by atoms with Gasteiger partial charge in [0.1, 0.15) is 0 Å². The summed E-state index contributed by atoms with van der Waals surface area (Å²) in [6.07, 6.45) is 2.12. The number of nitrogens with two attached hydrogens (primary N) is 1. The van der Waals surface area contributed by atoms with Crippen molar-refractivity contribution in [3.05, 3.63) is 59.7 Å². The Morgan fingerprint density at radius 3 is 2.48 bits per heavy atom. The number of urea groups is 1. The number of nitrogen functional groups attached to an aromatic ring is 1. The van der Waals surface area contributed by atoms with Crippen LogP contribution >= 0.6 is 0 Å². The second kappa shape index (κ2) is 7.70. The molecule has 3 amide bonds. The molecule has 3 rings (SSSR count). The monoisotopic (exact) mass is 338 g/mol. The van der Waals surface area contributed by atoms with Crippen LogP contribution in [0.4, 0.5) is 16.2 Å². The molecular weight excluding hydrogens is 316 g/mol. The minimum atomic E-state index is -0.161. The summed E-state index contributed by atoms with van der Waals surface area (Å²) in [6.45, 7) is 2.00. The van der Waals surface area contributed by atoms with E-state index in [0.717, 1.165) is 37.2 Å². The first-order valence-electron chi connectivity index (χ1n) is 8.40. The average Bonchev–Trinajstić information content (AvgIpc) is 3.15. The molecule has 4 N–H and O–H groups in total. The van der Waals surface area contributed by atoms with Crippen LogP contribution in [0.2, 0.25) is 0 Å². The van der Waals surface area contributed by atoms with E-state index < -0.39 is 0 Å². The minimum absolute atomic E-state index is 0.0689. The summed E-state index contributed by atoms with van der Waals surface area (Å²) in [5.41, 5.74) is 8.46. The van der Waals surface area contributed by atoms with Gasteiger partial charge in [-0.05, 0) is 54.8 Å². The Kier molecular flexibility index (Phi) is 5.18. The Morgan fingerprint density at radius 1 is 1.04 bits per heavy atom. The Bertz CT molecular complexity index is 752. The van der Waals surface area contributed by atoms with Gasteiger partial charge in [0.05, 0.1) is 0 Å². The first kappa shape index (κ1) is 16.8. The predicted molar refractivity (Wildman–Crippen MR) is 98.3 cm³/mol. The van der Waals surface area contributed by atoms with Crippen LogP contribution in [0.5, 0.6) is 0 Å². The smallest absolute Gasteiger partial charge is 0.321 e. The summed E-state index contributed by atoms with van der Waals surface area (Å²) in [5, 5.41) is 5.78. The first-order valence-corrected chi connectivity index (χ1v) is 8.40. The van der Waals surface area contributed by atoms with Crippen LogP contribution in [0.3, 0.4) is 0 Å². The van der Waals surface area contributed by atoms with E-state index in [2.05, 4.69) is 10.6 Å². The van der Waals surface area contributed by atoms with E-state index in [1.54, 1.807) is 24.3 Å². The number of carbonyl (C=O) groups is 2. The van der Waals surface area contributed by atoms with Gasteiger partial charge in [-0.15, -0.1) is 0 Å². The molecule has 0 aromatic heterocycles. The van der Waals surface area contributed by atoms with E-state index in [1.807, 2.05) is 29.2 Å². The quantitative estimate of drug-likeness (QED) is 0.749. The van der Waals surface area contributed by atoms with Crippen LogP contribution < -0.4 is 16.4 Å². The van der Waals surface area contributed by atoms with Crippen molar-refractivity contribution in [1.29, 1.82) is 0 Å². The second-order valence-electron chi connectivity index (χ2n) is 6.13. The Labute approximate surface area is 147 Å². The van der Waals surface area contributed by atoms with Gasteiger partial charge < -0.3 is 21.3 Å². The van der Waals surface area contributed by atoms with Crippen molar-refractivity contribution in [3.8, 4) is 0 Å². The molecule has 0 radical (unpaired) electrons. The van der Waals surface area contributed by atoms with Gasteiger partial charge in [0.25, 0.3) is 5.91 Å². The highest BCUT2D eigenvalue weighted by Crippen LogP contribution is 2.14. The van der Waals surface area contributed by atoms with Gasteiger partial charge in [0.15, 0.2) is 0 Å². The van der Waals surface area contributed by atoms with E-state index >= 15 is 0 Å². The third-order valence-electron chi connectivity index (χ3n) is 4.20. The lowest BCUT2D eigenvalue weighted by atomic mass is 10.1. The summed E-state index contributed by atoms with van der Waals surface area (Å²) in [4.78, 5) is 26.1. The molecular formula is C19H22N4O2. The molecule has 6 nitrogen and oxygen atoms in total. The fourth-order valence-electron chi connectivity index (χ4n) is 2.80. The van der Waals surface area contributed by atoms with Crippen molar-refractivity contribution < 1.29 is 9.59 Å². The summed E-state index contributed by atoms with van der Waals surface area (Å²) in [6, 6.07) is 14.2. The highest BCUT2D eigenvalue weighted by atomic mass is 16.2. The van der Waals surface area contributed by atoms with E-state index in [0.29, 0.717) is 17.8 Å². The number of carbonyl (C=O) groups excluding carboxylic acids is 2. The summed E-state index contributed by atoms with van der Waals surface area (Å²) >= 11 is 0. The number of nitrogens with zero attached hydrogens (tertiary/aromatic N) is 1. The molecule has 130 valence electrons. The molecule has 1 fully saturated rings. The van der Waals surface area contributed by atoms with Crippen LogP contribution in [-0.4, -0.2) is 29.9 Å². The maximum atomic E-state index is 12.1. The lowest BCUT2D eigenvalue weighted by Gasteiger charge is -2.16. The van der Waals surface area contributed by atoms with Gasteiger partial charge in [0, 0.05) is 36.6 Å². The average molecular weight is 338 g/mol. The number of amides is 3. The zero-order valence-electron chi connectivity index (χ0n) is 14.0. The molecule has 0 atom stereocenters. The van der Waals surface area contributed by atoms with Crippen molar-refractivity contribution in [1.82, 2.24) is 10.2 Å². The van der Waals surface area contributed by atoms with Crippen molar-refractivity contribution in [2.24, 2.45) is 0 Å². The molecule has 0 unspecified atom stereocenters. The summed E-state index contributed by atoms with van der Waals surface area (Å²) in [5.74, 6) is -0.161. The third-order valence-corrected chi connectivity index (χ3v) is 4.20. The molecule has 2 aromatic rings. The highest BCUT2D eigenvalue weighted by Gasteiger charge is 2.17. The van der Waals surface area contributed by atoms with E-state index in [1.165, 1.54) is 0 Å². The normalized spacial score (nSPS) is 13.5. The largest absolute Gasteiger partial charge is 0.399 e. The number of benzene rings is 2. The SMILES string of the molecule is Nc1ccc(C(=O)NCc2cccc(NC(=O)N3CCCC3)c2)cc1. The van der Waals surface area contributed by atoms with E-state index in [-0.39, 0.29) is 11.9 Å². The molecule has 1 heterocycles. The molecule has 0 spiro atoms. The van der Waals surface area contributed by atoms with Crippen molar-refractivity contribution in [2.45, 2.75) is 19.4 Å². The van der Waals surface area contributed by atoms with Gasteiger partial charge >= 0.3 is 6.03 Å². The van der Waals surface area contributed by atoms with E-state index in [4.69, 9.17) is 5.73 Å². The number of hydrogen-bond acceptors (Lipinski definition) is 3. The lowest BCUT2D eigenvalue weighted by Crippen LogP contribution is -2.32. The number of likely N-dealkylation sites (tertiary alicyclic amines) is 1. The van der Waals surface area contributed by atoms with Crippen molar-refractivity contribution in [3.63, 3.8) is 0 Å². The zero-order valence-corrected chi connectivity index (χ0v) is 14.0. The fraction of sp³-hybridized carbons (Fsp3) is 0.263. The minimum Gasteiger partial charge on any atom is -0.399 e. The fourth-order valence-corrected chi connectivity index (χ4v) is 2.80. The molecule has 0 saturated carbocycles. The number of rotatable bonds is 4. The van der Waals surface area contributed by atoms with Gasteiger partial charge in [0.2, 0.25) is 0 Å². The van der Waals surface area contributed by atoms with Crippen LogP contribution in [0.15, 0.2) is 48.5 Å². The predicted octanol–water partition coefficient (Wildman–Crippen LogP) is 2.83. The number of anilines is 2. The molecule has 1 saturated heterocycles. The first-order chi connectivity index (χ1) is 12.1. The van der Waals surface area contributed by atoms with Crippen LogP contribution in [0.25, 0.3) is 0 Å². The van der Waals surface area contributed by atoms with E-state index in [9.17, 15) is 9.59 Å². The van der Waals surface area contributed by atoms with Crippen molar-refractivity contribution in [2.75, 3.05) is 24.1 Å². The summed E-state index contributed by atoms with van der Waals surface area (Å²) in [7, 11) is 0. The molecule has 1 aliphatic rings. The van der Waals surface area contributed by atoms with Gasteiger partial charge in [-0.2, -0.15) is 0 Å². The second-order valence-corrected chi connectivity index (χ2v) is 6.13. The molecule has 0 bridgehead atoms. The Hall–Kier alpha value is -3.02. The van der Waals surface area contributed by atoms with Crippen molar-refractivity contribution >= 4 is 23.3 Å². The highest BCUT2D eigenvalue weighted by molar-refractivity contribution is 5.94. The molecule has 2 aromatic carbocycles. The number of hydrogen-bond donors (Lipinski definition) is 3. The van der Waals surface area contributed by atoms with Gasteiger partial charge in [-0.25, -0.2) is 4.79 Å². The maximum Gasteiger partial charge on any atom is 0.321 e. The topological polar surface area (TPSA) is 87.5 Å². The zero-order chi connectivity index (χ0) is 17.6. The maximum absolute atomic E-state index is 12.1. The Morgan fingerprint density at radius 2 is 1.76 bits per heavy atom. The van der Waals surface area contributed by atoms with Crippen LogP contribution in [0, 0.1) is 0 Å². The molecule has 6 heteroatoms.